The zero-order chi connectivity index (χ0) is 18.8. The summed E-state index contributed by atoms with van der Waals surface area (Å²) in [6, 6.07) is 8.42. The first-order chi connectivity index (χ1) is 12.4. The van der Waals surface area contributed by atoms with Crippen LogP contribution in [0.4, 0.5) is 14.9 Å². The van der Waals surface area contributed by atoms with Crippen molar-refractivity contribution in [3.63, 3.8) is 0 Å². The summed E-state index contributed by atoms with van der Waals surface area (Å²) in [7, 11) is 1.19. The lowest BCUT2D eigenvalue weighted by molar-refractivity contribution is 0.140. The molecule has 1 N–H and O–H groups in total. The molecular weight excluding hydrogens is 337 g/mol. The van der Waals surface area contributed by atoms with Crippen molar-refractivity contribution < 1.29 is 23.9 Å². The number of rotatable bonds is 5. The lowest BCUT2D eigenvalue weighted by Gasteiger charge is -2.20. The van der Waals surface area contributed by atoms with Gasteiger partial charge in [0.05, 0.1) is 12.8 Å². The summed E-state index contributed by atoms with van der Waals surface area (Å²) in [5.41, 5.74) is 3.71. The molecule has 0 aliphatic heterocycles. The lowest BCUT2D eigenvalue weighted by atomic mass is 10.0. The fourth-order valence-corrected chi connectivity index (χ4v) is 2.92. The molecule has 0 spiro atoms. The van der Waals surface area contributed by atoms with Crippen LogP contribution in [0, 0.1) is 19.7 Å². The first-order valence-electron chi connectivity index (χ1n) is 8.50. The van der Waals surface area contributed by atoms with Gasteiger partial charge in [-0.3, -0.25) is 5.21 Å². The largest absolute Gasteiger partial charge is 0.486 e. The second-order valence-electron chi connectivity index (χ2n) is 6.56. The Bertz CT molecular complexity index is 833. The van der Waals surface area contributed by atoms with Gasteiger partial charge in [0, 0.05) is 5.56 Å². The van der Waals surface area contributed by atoms with Gasteiger partial charge in [-0.2, -0.15) is 5.06 Å². The number of nitrogens with zero attached hydrogens (tertiary/aromatic N) is 1. The van der Waals surface area contributed by atoms with E-state index in [1.54, 1.807) is 18.2 Å². The highest BCUT2D eigenvalue weighted by molar-refractivity contribution is 5.86. The Morgan fingerprint density at radius 2 is 1.96 bits per heavy atom. The van der Waals surface area contributed by atoms with E-state index in [4.69, 9.17) is 4.74 Å². The molecule has 26 heavy (non-hydrogen) atoms. The Balaban J connectivity index is 1.93. The monoisotopic (exact) mass is 359 g/mol. The van der Waals surface area contributed by atoms with Gasteiger partial charge >= 0.3 is 6.09 Å². The fourth-order valence-electron chi connectivity index (χ4n) is 2.92. The predicted molar refractivity (Wildman–Crippen MR) is 95.3 cm³/mol. The third-order valence-electron chi connectivity index (χ3n) is 4.70. The van der Waals surface area contributed by atoms with Gasteiger partial charge in [-0.15, -0.1) is 0 Å². The number of carbonyl (C=O) groups is 1. The van der Waals surface area contributed by atoms with Crippen LogP contribution in [0.25, 0.3) is 0 Å². The van der Waals surface area contributed by atoms with Crippen LogP contribution in [-0.2, 0) is 11.3 Å². The number of benzene rings is 2. The molecule has 1 fully saturated rings. The number of halogens is 1. The normalized spacial score (nSPS) is 13.4. The van der Waals surface area contributed by atoms with Gasteiger partial charge in [-0.25, -0.2) is 9.18 Å². The van der Waals surface area contributed by atoms with E-state index in [1.807, 2.05) is 19.9 Å². The zero-order valence-electron chi connectivity index (χ0n) is 15.1. The minimum absolute atomic E-state index is 0.0372. The van der Waals surface area contributed by atoms with Crippen LogP contribution in [0.5, 0.6) is 5.75 Å². The van der Waals surface area contributed by atoms with E-state index in [1.165, 1.54) is 13.2 Å². The second kappa shape index (κ2) is 7.33. The van der Waals surface area contributed by atoms with E-state index < -0.39 is 11.9 Å². The van der Waals surface area contributed by atoms with Crippen LogP contribution >= 0.6 is 0 Å². The summed E-state index contributed by atoms with van der Waals surface area (Å²) in [4.78, 5) is 11.7. The Hall–Kier alpha value is -2.60. The van der Waals surface area contributed by atoms with E-state index in [-0.39, 0.29) is 18.0 Å². The number of methoxy groups -OCH3 is 1. The number of aryl methyl sites for hydroxylation is 2. The van der Waals surface area contributed by atoms with Gasteiger partial charge in [0.25, 0.3) is 0 Å². The van der Waals surface area contributed by atoms with Gasteiger partial charge in [-0.1, -0.05) is 12.1 Å². The molecular formula is C20H22FNO4. The molecule has 3 rings (SSSR count). The third kappa shape index (κ3) is 3.65. The van der Waals surface area contributed by atoms with Crippen molar-refractivity contribution in [3.05, 3.63) is 58.4 Å². The second-order valence-corrected chi connectivity index (χ2v) is 6.56. The molecule has 5 nitrogen and oxygen atoms in total. The van der Waals surface area contributed by atoms with Gasteiger partial charge < -0.3 is 9.47 Å². The molecule has 0 saturated heterocycles. The molecule has 1 aliphatic rings. The van der Waals surface area contributed by atoms with Crippen LogP contribution in [0.15, 0.2) is 30.3 Å². The maximum Gasteiger partial charge on any atom is 0.438 e. The van der Waals surface area contributed by atoms with Crippen LogP contribution in [0.3, 0.4) is 0 Å². The predicted octanol–water partition coefficient (Wildman–Crippen LogP) is 4.86. The number of hydrogen-bond donors (Lipinski definition) is 1. The smallest absolute Gasteiger partial charge is 0.438 e. The van der Waals surface area contributed by atoms with Crippen LogP contribution < -0.4 is 9.80 Å². The van der Waals surface area contributed by atoms with Crippen molar-refractivity contribution in [3.8, 4) is 5.75 Å². The maximum atomic E-state index is 14.2. The van der Waals surface area contributed by atoms with E-state index in [0.717, 1.165) is 29.5 Å². The van der Waals surface area contributed by atoms with E-state index in [0.29, 0.717) is 16.5 Å². The summed E-state index contributed by atoms with van der Waals surface area (Å²) in [6.07, 6.45) is 1.19. The number of ether oxygens (including phenoxy) is 2. The molecule has 0 unspecified atom stereocenters. The summed E-state index contributed by atoms with van der Waals surface area (Å²) in [6.45, 7) is 3.76. The average Bonchev–Trinajstić information content (AvgIpc) is 3.47. The van der Waals surface area contributed by atoms with Gasteiger partial charge in [0.1, 0.15) is 6.61 Å². The van der Waals surface area contributed by atoms with E-state index in [9.17, 15) is 14.4 Å². The van der Waals surface area contributed by atoms with Crippen molar-refractivity contribution in [2.75, 3.05) is 12.2 Å². The third-order valence-corrected chi connectivity index (χ3v) is 4.70. The molecule has 138 valence electrons. The molecule has 6 heteroatoms. The number of amides is 1. The van der Waals surface area contributed by atoms with E-state index >= 15 is 0 Å². The van der Waals surface area contributed by atoms with Crippen molar-refractivity contribution in [1.29, 1.82) is 0 Å². The molecule has 2 aromatic rings. The van der Waals surface area contributed by atoms with Crippen molar-refractivity contribution in [2.24, 2.45) is 0 Å². The minimum atomic E-state index is -0.892. The summed E-state index contributed by atoms with van der Waals surface area (Å²) in [5, 5.41) is 10.6. The molecule has 0 radical (unpaired) electrons. The number of hydroxylamine groups is 1. The Kier molecular flexibility index (Phi) is 5.13. The molecule has 0 heterocycles. The molecule has 1 amide bonds. The Labute approximate surface area is 151 Å². The summed E-state index contributed by atoms with van der Waals surface area (Å²) in [5.74, 6) is 0.0729. The lowest BCUT2D eigenvalue weighted by Crippen LogP contribution is -2.28. The SMILES string of the molecule is COC(=O)N(O)c1cccc(C2CC2)c1COc1cc(C)c(C)cc1F. The zero-order valence-corrected chi connectivity index (χ0v) is 15.1. The summed E-state index contributed by atoms with van der Waals surface area (Å²) < 4.78 is 24.5. The Morgan fingerprint density at radius 1 is 1.27 bits per heavy atom. The quantitative estimate of drug-likeness (QED) is 0.612. The van der Waals surface area contributed by atoms with Crippen LogP contribution in [-0.4, -0.2) is 18.4 Å². The van der Waals surface area contributed by atoms with Crippen molar-refractivity contribution in [1.82, 2.24) is 0 Å². The molecule has 0 atom stereocenters. The average molecular weight is 359 g/mol. The molecule has 1 aliphatic carbocycles. The first kappa shape index (κ1) is 18.2. The van der Waals surface area contributed by atoms with Crippen LogP contribution in [0.2, 0.25) is 0 Å². The number of carbonyl (C=O) groups excluding carboxylic acids is 1. The van der Waals surface area contributed by atoms with Crippen LogP contribution in [0.1, 0.15) is 41.0 Å². The maximum absolute atomic E-state index is 14.2. The highest BCUT2D eigenvalue weighted by Crippen LogP contribution is 2.44. The Morgan fingerprint density at radius 3 is 2.62 bits per heavy atom. The summed E-state index contributed by atoms with van der Waals surface area (Å²) >= 11 is 0. The number of anilines is 1. The van der Waals surface area contributed by atoms with E-state index in [2.05, 4.69) is 4.74 Å². The molecule has 1 saturated carbocycles. The molecule has 0 aromatic heterocycles. The van der Waals surface area contributed by atoms with Crippen molar-refractivity contribution >= 4 is 11.8 Å². The van der Waals surface area contributed by atoms with Gasteiger partial charge in [0.15, 0.2) is 11.6 Å². The minimum Gasteiger partial charge on any atom is -0.486 e. The van der Waals surface area contributed by atoms with Gasteiger partial charge in [-0.05, 0) is 67.5 Å². The molecule has 2 aromatic carbocycles. The number of hydrogen-bond acceptors (Lipinski definition) is 4. The standard InChI is InChI=1S/C20H22FNO4/c1-12-9-17(21)19(10-13(12)2)26-11-16-15(14-7-8-14)5-4-6-18(16)22(24)20(23)25-3/h4-6,9-10,14,24H,7-8,11H2,1-3H3. The first-order valence-corrected chi connectivity index (χ1v) is 8.50. The topological polar surface area (TPSA) is 59.0 Å². The molecule has 0 bridgehead atoms. The van der Waals surface area contributed by atoms with Gasteiger partial charge in [0.2, 0.25) is 0 Å². The fraction of sp³-hybridized carbons (Fsp3) is 0.350. The highest BCUT2D eigenvalue weighted by atomic mass is 19.1. The van der Waals surface area contributed by atoms with Crippen molar-refractivity contribution in [2.45, 2.75) is 39.2 Å². The highest BCUT2D eigenvalue weighted by Gasteiger charge is 2.29.